The molecule has 0 radical (unpaired) electrons. The van der Waals surface area contributed by atoms with Gasteiger partial charge in [-0.1, -0.05) is 17.7 Å². The smallest absolute Gasteiger partial charge is 0.368 e. The summed E-state index contributed by atoms with van der Waals surface area (Å²) in [5, 5.41) is 7.93. The van der Waals surface area contributed by atoms with E-state index in [4.69, 9.17) is 11.6 Å². The van der Waals surface area contributed by atoms with E-state index in [0.717, 1.165) is 9.36 Å². The minimum Gasteiger partial charge on any atom is -0.469 e. The van der Waals surface area contributed by atoms with Gasteiger partial charge in [0.25, 0.3) is 0 Å². The zero-order valence-corrected chi connectivity index (χ0v) is 10.9. The SMILES string of the molecule is COC(=O)CCn1nnn(-c2cccc(Cl)c2)c1=O. The second-order valence-electron chi connectivity index (χ2n) is 3.70. The van der Waals surface area contributed by atoms with Crippen LogP contribution in [0.2, 0.25) is 5.02 Å². The molecule has 7 nitrogen and oxygen atoms in total. The topological polar surface area (TPSA) is 79.0 Å². The molecule has 0 aliphatic heterocycles. The van der Waals surface area contributed by atoms with Gasteiger partial charge in [0.15, 0.2) is 0 Å². The van der Waals surface area contributed by atoms with Crippen molar-refractivity contribution in [2.75, 3.05) is 7.11 Å². The Morgan fingerprint density at radius 2 is 2.21 bits per heavy atom. The predicted molar refractivity (Wildman–Crippen MR) is 67.3 cm³/mol. The minimum absolute atomic E-state index is 0.0602. The third-order valence-corrected chi connectivity index (χ3v) is 2.68. The summed E-state index contributed by atoms with van der Waals surface area (Å²) in [5.41, 5.74) is 0.0768. The lowest BCUT2D eigenvalue weighted by Gasteiger charge is -1.99. The highest BCUT2D eigenvalue weighted by atomic mass is 35.5. The summed E-state index contributed by atoms with van der Waals surface area (Å²) in [4.78, 5) is 23.0. The van der Waals surface area contributed by atoms with Crippen LogP contribution in [0.3, 0.4) is 0 Å². The molecule has 0 aliphatic carbocycles. The number of ether oxygens (including phenoxy) is 1. The normalized spacial score (nSPS) is 10.4. The lowest BCUT2D eigenvalue weighted by atomic mass is 10.3. The number of tetrazole rings is 1. The van der Waals surface area contributed by atoms with E-state index in [1.807, 2.05) is 0 Å². The summed E-state index contributed by atoms with van der Waals surface area (Å²) in [6.07, 6.45) is 0.0602. The molecule has 0 aliphatic rings. The van der Waals surface area contributed by atoms with Crippen LogP contribution in [0.4, 0.5) is 0 Å². The second kappa shape index (κ2) is 5.66. The zero-order chi connectivity index (χ0) is 13.8. The van der Waals surface area contributed by atoms with E-state index < -0.39 is 11.7 Å². The average molecular weight is 283 g/mol. The first kappa shape index (κ1) is 13.3. The number of aryl methyl sites for hydroxylation is 1. The molecule has 0 atom stereocenters. The highest BCUT2D eigenvalue weighted by molar-refractivity contribution is 6.30. The van der Waals surface area contributed by atoms with Gasteiger partial charge in [-0.15, -0.1) is 0 Å². The summed E-state index contributed by atoms with van der Waals surface area (Å²) in [7, 11) is 1.29. The molecule has 0 saturated heterocycles. The van der Waals surface area contributed by atoms with Gasteiger partial charge in [-0.2, -0.15) is 9.36 Å². The highest BCUT2D eigenvalue weighted by Gasteiger charge is 2.10. The summed E-state index contributed by atoms with van der Waals surface area (Å²) in [6.45, 7) is 0.117. The largest absolute Gasteiger partial charge is 0.469 e. The number of carbonyl (C=O) groups excluding carboxylic acids is 1. The molecular formula is C11H11ClN4O3. The lowest BCUT2D eigenvalue weighted by molar-refractivity contribution is -0.140. The van der Waals surface area contributed by atoms with Crippen molar-refractivity contribution in [3.05, 3.63) is 39.8 Å². The summed E-state index contributed by atoms with van der Waals surface area (Å²) in [6, 6.07) is 6.68. The Morgan fingerprint density at radius 3 is 2.89 bits per heavy atom. The Morgan fingerprint density at radius 1 is 1.42 bits per heavy atom. The standard InChI is InChI=1S/C11H11ClN4O3/c1-19-10(17)5-6-15-11(18)16(14-13-15)9-4-2-3-8(12)7-9/h2-4,7H,5-6H2,1H3. The number of hydrogen-bond donors (Lipinski definition) is 0. The molecule has 100 valence electrons. The molecule has 1 heterocycles. The monoisotopic (exact) mass is 282 g/mol. The molecule has 1 aromatic carbocycles. The van der Waals surface area contributed by atoms with Crippen molar-refractivity contribution in [2.24, 2.45) is 0 Å². The van der Waals surface area contributed by atoms with Crippen molar-refractivity contribution in [2.45, 2.75) is 13.0 Å². The molecule has 0 amide bonds. The van der Waals surface area contributed by atoms with E-state index in [2.05, 4.69) is 15.2 Å². The van der Waals surface area contributed by atoms with Crippen LogP contribution in [-0.2, 0) is 16.1 Å². The van der Waals surface area contributed by atoms with E-state index in [1.165, 1.54) is 7.11 Å². The van der Waals surface area contributed by atoms with Crippen LogP contribution in [-0.4, -0.2) is 32.9 Å². The number of rotatable bonds is 4. The summed E-state index contributed by atoms with van der Waals surface area (Å²) in [5.74, 6) is -0.413. The number of halogens is 1. The van der Waals surface area contributed by atoms with Crippen molar-refractivity contribution in [1.82, 2.24) is 19.8 Å². The molecule has 19 heavy (non-hydrogen) atoms. The average Bonchev–Trinajstić information content (AvgIpc) is 2.77. The molecule has 8 heteroatoms. The first-order valence-corrected chi connectivity index (χ1v) is 5.85. The Bertz CT molecular complexity index is 649. The van der Waals surface area contributed by atoms with Crippen LogP contribution in [0.1, 0.15) is 6.42 Å². The third-order valence-electron chi connectivity index (χ3n) is 2.45. The minimum atomic E-state index is -0.439. The fourth-order valence-corrected chi connectivity index (χ4v) is 1.67. The van der Waals surface area contributed by atoms with Crippen molar-refractivity contribution < 1.29 is 9.53 Å². The van der Waals surface area contributed by atoms with E-state index in [9.17, 15) is 9.59 Å². The van der Waals surface area contributed by atoms with Gasteiger partial charge >= 0.3 is 11.7 Å². The molecule has 1 aromatic heterocycles. The molecule has 2 aromatic rings. The highest BCUT2D eigenvalue weighted by Crippen LogP contribution is 2.12. The molecule has 0 fully saturated rings. The van der Waals surface area contributed by atoms with Crippen LogP contribution in [0.5, 0.6) is 0 Å². The van der Waals surface area contributed by atoms with Crippen molar-refractivity contribution in [1.29, 1.82) is 0 Å². The molecule has 0 N–H and O–H groups in total. The van der Waals surface area contributed by atoms with E-state index in [1.54, 1.807) is 24.3 Å². The van der Waals surface area contributed by atoms with E-state index in [-0.39, 0.29) is 13.0 Å². The molecule has 0 saturated carbocycles. The summed E-state index contributed by atoms with van der Waals surface area (Å²) < 4.78 is 6.70. The van der Waals surface area contributed by atoms with Gasteiger partial charge < -0.3 is 4.74 Å². The fourth-order valence-electron chi connectivity index (χ4n) is 1.48. The van der Waals surface area contributed by atoms with Gasteiger partial charge in [-0.3, -0.25) is 4.79 Å². The van der Waals surface area contributed by atoms with Gasteiger partial charge in [0.05, 0.1) is 25.8 Å². The quantitative estimate of drug-likeness (QED) is 0.769. The van der Waals surface area contributed by atoms with Crippen LogP contribution in [0.15, 0.2) is 29.1 Å². The van der Waals surface area contributed by atoms with Crippen LogP contribution < -0.4 is 5.69 Å². The van der Waals surface area contributed by atoms with Crippen molar-refractivity contribution in [3.63, 3.8) is 0 Å². The van der Waals surface area contributed by atoms with Gasteiger partial charge in [0.1, 0.15) is 0 Å². The second-order valence-corrected chi connectivity index (χ2v) is 4.14. The molecule has 0 unspecified atom stereocenters. The number of nitrogens with zero attached hydrogens (tertiary/aromatic N) is 4. The first-order valence-electron chi connectivity index (χ1n) is 5.47. The van der Waals surface area contributed by atoms with Gasteiger partial charge in [0, 0.05) is 5.02 Å². The maximum absolute atomic E-state index is 12.0. The van der Waals surface area contributed by atoms with Crippen LogP contribution in [0, 0.1) is 0 Å². The fraction of sp³-hybridized carbons (Fsp3) is 0.273. The van der Waals surface area contributed by atoms with Gasteiger partial charge in [-0.05, 0) is 28.6 Å². The molecule has 2 rings (SSSR count). The number of carbonyl (C=O) groups is 1. The summed E-state index contributed by atoms with van der Waals surface area (Å²) >= 11 is 5.84. The Balaban J connectivity index is 2.23. The first-order chi connectivity index (χ1) is 9.11. The third kappa shape index (κ3) is 3.00. The Kier molecular flexibility index (Phi) is 3.96. The maximum atomic E-state index is 12.0. The van der Waals surface area contributed by atoms with E-state index in [0.29, 0.717) is 10.7 Å². The lowest BCUT2D eigenvalue weighted by Crippen LogP contribution is -2.25. The van der Waals surface area contributed by atoms with Gasteiger partial charge in [-0.25, -0.2) is 4.79 Å². The van der Waals surface area contributed by atoms with E-state index >= 15 is 0 Å². The van der Waals surface area contributed by atoms with Gasteiger partial charge in [0.2, 0.25) is 0 Å². The number of aromatic nitrogens is 4. The Hall–Kier alpha value is -2.15. The zero-order valence-electron chi connectivity index (χ0n) is 10.1. The molecular weight excluding hydrogens is 272 g/mol. The number of hydrogen-bond acceptors (Lipinski definition) is 5. The van der Waals surface area contributed by atoms with Crippen molar-refractivity contribution in [3.8, 4) is 5.69 Å². The molecule has 0 spiro atoms. The van der Waals surface area contributed by atoms with Crippen LogP contribution >= 0.6 is 11.6 Å². The number of methoxy groups -OCH3 is 1. The van der Waals surface area contributed by atoms with Crippen LogP contribution in [0.25, 0.3) is 5.69 Å². The number of esters is 1. The molecule has 0 bridgehead atoms. The number of benzene rings is 1. The Labute approximate surface area is 113 Å². The maximum Gasteiger partial charge on any atom is 0.368 e. The van der Waals surface area contributed by atoms with Crippen molar-refractivity contribution >= 4 is 17.6 Å². The predicted octanol–water partition coefficient (Wildman–Crippen LogP) is 0.645.